The number of esters is 1. The van der Waals surface area contributed by atoms with Crippen LogP contribution in [0.15, 0.2) is 66.9 Å². The molecule has 1 aromatic heterocycles. The van der Waals surface area contributed by atoms with Gasteiger partial charge >= 0.3 is 12.0 Å². The zero-order chi connectivity index (χ0) is 22.2. The third-order valence-corrected chi connectivity index (χ3v) is 4.22. The lowest BCUT2D eigenvalue weighted by atomic mass is 10.1. The Hall–Kier alpha value is -3.94. The van der Waals surface area contributed by atoms with Crippen molar-refractivity contribution in [3.8, 4) is 11.3 Å². The van der Waals surface area contributed by atoms with E-state index in [0.717, 1.165) is 11.1 Å². The van der Waals surface area contributed by atoms with Gasteiger partial charge in [-0.2, -0.15) is 5.10 Å². The standard InChI is InChI=1S/C23H24N4O4/c1-16(2)24-23(30)25-20(28)15-31-22(29)19-14-27(13-17-9-5-3-6-10-17)26-21(19)18-11-7-4-8-12-18/h3-12,14,16H,13,15H2,1-2H3,(H2,24,25,28,30). The summed E-state index contributed by atoms with van der Waals surface area (Å²) in [7, 11) is 0. The maximum Gasteiger partial charge on any atom is 0.342 e. The molecule has 0 aliphatic rings. The molecule has 0 aliphatic carbocycles. The first-order valence-electron chi connectivity index (χ1n) is 9.86. The lowest BCUT2D eigenvalue weighted by Gasteiger charge is -2.09. The number of urea groups is 1. The van der Waals surface area contributed by atoms with Crippen molar-refractivity contribution in [3.05, 3.63) is 78.0 Å². The molecule has 31 heavy (non-hydrogen) atoms. The first-order valence-corrected chi connectivity index (χ1v) is 9.86. The van der Waals surface area contributed by atoms with Crippen molar-refractivity contribution in [2.75, 3.05) is 6.61 Å². The highest BCUT2D eigenvalue weighted by Crippen LogP contribution is 2.23. The van der Waals surface area contributed by atoms with Crippen LogP contribution in [0.1, 0.15) is 29.8 Å². The van der Waals surface area contributed by atoms with Gasteiger partial charge in [-0.1, -0.05) is 60.7 Å². The Bertz CT molecular complexity index is 1050. The molecule has 8 nitrogen and oxygen atoms in total. The number of imide groups is 1. The number of hydrogen-bond acceptors (Lipinski definition) is 5. The number of carbonyl (C=O) groups excluding carboxylic acids is 3. The van der Waals surface area contributed by atoms with E-state index in [1.165, 1.54) is 0 Å². The lowest BCUT2D eigenvalue weighted by molar-refractivity contribution is -0.123. The van der Waals surface area contributed by atoms with Gasteiger partial charge in [0.05, 0.1) is 6.54 Å². The van der Waals surface area contributed by atoms with E-state index in [2.05, 4.69) is 15.7 Å². The Kier molecular flexibility index (Phi) is 7.16. The predicted molar refractivity (Wildman–Crippen MR) is 115 cm³/mol. The second-order valence-electron chi connectivity index (χ2n) is 7.19. The highest BCUT2D eigenvalue weighted by molar-refractivity contribution is 5.99. The molecule has 3 amide bonds. The predicted octanol–water partition coefficient (Wildman–Crippen LogP) is 2.99. The highest BCUT2D eigenvalue weighted by atomic mass is 16.5. The zero-order valence-electron chi connectivity index (χ0n) is 17.4. The Morgan fingerprint density at radius 2 is 1.65 bits per heavy atom. The van der Waals surface area contributed by atoms with Crippen LogP contribution < -0.4 is 10.6 Å². The van der Waals surface area contributed by atoms with Crippen molar-refractivity contribution in [3.63, 3.8) is 0 Å². The van der Waals surface area contributed by atoms with Gasteiger partial charge in [0, 0.05) is 17.8 Å². The molecule has 0 unspecified atom stereocenters. The van der Waals surface area contributed by atoms with E-state index in [9.17, 15) is 14.4 Å². The van der Waals surface area contributed by atoms with E-state index in [0.29, 0.717) is 12.2 Å². The van der Waals surface area contributed by atoms with Crippen molar-refractivity contribution in [2.24, 2.45) is 0 Å². The van der Waals surface area contributed by atoms with Gasteiger partial charge in [-0.3, -0.25) is 14.8 Å². The van der Waals surface area contributed by atoms with E-state index in [1.807, 2.05) is 60.7 Å². The molecule has 160 valence electrons. The molecule has 3 rings (SSSR count). The topological polar surface area (TPSA) is 102 Å². The highest BCUT2D eigenvalue weighted by Gasteiger charge is 2.21. The molecule has 0 fully saturated rings. The Labute approximate surface area is 180 Å². The van der Waals surface area contributed by atoms with Crippen LogP contribution in [0.4, 0.5) is 4.79 Å². The fourth-order valence-corrected chi connectivity index (χ4v) is 2.90. The van der Waals surface area contributed by atoms with Crippen LogP contribution in [-0.2, 0) is 16.1 Å². The molecule has 0 atom stereocenters. The van der Waals surface area contributed by atoms with Crippen LogP contribution in [0.5, 0.6) is 0 Å². The largest absolute Gasteiger partial charge is 0.452 e. The van der Waals surface area contributed by atoms with Crippen LogP contribution in [0.3, 0.4) is 0 Å². The summed E-state index contributed by atoms with van der Waals surface area (Å²) in [6, 6.07) is 18.2. The second kappa shape index (κ2) is 10.2. The van der Waals surface area contributed by atoms with Gasteiger partial charge in [0.25, 0.3) is 5.91 Å². The Morgan fingerprint density at radius 1 is 1.00 bits per heavy atom. The van der Waals surface area contributed by atoms with Crippen LogP contribution in [0, 0.1) is 0 Å². The number of amides is 3. The van der Waals surface area contributed by atoms with Gasteiger partial charge < -0.3 is 10.1 Å². The number of aromatic nitrogens is 2. The number of hydrogen-bond donors (Lipinski definition) is 2. The van der Waals surface area contributed by atoms with Gasteiger partial charge in [-0.25, -0.2) is 9.59 Å². The SMILES string of the molecule is CC(C)NC(=O)NC(=O)COC(=O)c1cn(Cc2ccccc2)nc1-c1ccccc1. The summed E-state index contributed by atoms with van der Waals surface area (Å²) in [4.78, 5) is 36.2. The van der Waals surface area contributed by atoms with Gasteiger partial charge in [-0.15, -0.1) is 0 Å². The lowest BCUT2D eigenvalue weighted by Crippen LogP contribution is -2.44. The Balaban J connectivity index is 1.74. The molecule has 0 aliphatic heterocycles. The summed E-state index contributed by atoms with van der Waals surface area (Å²) in [5, 5.41) is 9.20. The van der Waals surface area contributed by atoms with Gasteiger partial charge in [-0.05, 0) is 19.4 Å². The van der Waals surface area contributed by atoms with Gasteiger partial charge in [0.1, 0.15) is 11.3 Å². The fraction of sp³-hybridized carbons (Fsp3) is 0.217. The fourth-order valence-electron chi connectivity index (χ4n) is 2.90. The number of carbonyl (C=O) groups is 3. The van der Waals surface area contributed by atoms with E-state index < -0.39 is 24.5 Å². The van der Waals surface area contributed by atoms with Crippen LogP contribution >= 0.6 is 0 Å². The molecular formula is C23H24N4O4. The summed E-state index contributed by atoms with van der Waals surface area (Å²) >= 11 is 0. The van der Waals surface area contributed by atoms with Crippen molar-refractivity contribution in [1.82, 2.24) is 20.4 Å². The number of ether oxygens (including phenoxy) is 1. The quantitative estimate of drug-likeness (QED) is 0.572. The molecule has 0 bridgehead atoms. The van der Waals surface area contributed by atoms with E-state index >= 15 is 0 Å². The number of benzene rings is 2. The normalized spacial score (nSPS) is 10.5. The summed E-state index contributed by atoms with van der Waals surface area (Å²) < 4.78 is 6.79. The van der Waals surface area contributed by atoms with Gasteiger partial charge in [0.15, 0.2) is 6.61 Å². The van der Waals surface area contributed by atoms with Gasteiger partial charge in [0.2, 0.25) is 0 Å². The summed E-state index contributed by atoms with van der Waals surface area (Å²) in [5.74, 6) is -1.41. The minimum atomic E-state index is -0.718. The molecule has 2 N–H and O–H groups in total. The maximum atomic E-state index is 12.7. The van der Waals surface area contributed by atoms with Crippen molar-refractivity contribution >= 4 is 17.9 Å². The average Bonchev–Trinajstić information content (AvgIpc) is 3.16. The number of rotatable bonds is 7. The summed E-state index contributed by atoms with van der Waals surface area (Å²) in [6.45, 7) is 3.43. The third-order valence-electron chi connectivity index (χ3n) is 4.22. The first kappa shape index (κ1) is 21.8. The molecule has 0 saturated carbocycles. The second-order valence-corrected chi connectivity index (χ2v) is 7.19. The number of nitrogens with zero attached hydrogens (tertiary/aromatic N) is 2. The molecule has 0 saturated heterocycles. The average molecular weight is 420 g/mol. The first-order chi connectivity index (χ1) is 14.9. The number of nitrogens with one attached hydrogen (secondary N) is 2. The van der Waals surface area contributed by atoms with Crippen LogP contribution in [0.2, 0.25) is 0 Å². The zero-order valence-corrected chi connectivity index (χ0v) is 17.4. The van der Waals surface area contributed by atoms with Crippen molar-refractivity contribution in [2.45, 2.75) is 26.4 Å². The molecular weight excluding hydrogens is 396 g/mol. The van der Waals surface area contributed by atoms with E-state index in [-0.39, 0.29) is 11.6 Å². The third kappa shape index (κ3) is 6.27. The molecule has 2 aromatic carbocycles. The maximum absolute atomic E-state index is 12.7. The molecule has 1 heterocycles. The smallest absolute Gasteiger partial charge is 0.342 e. The molecule has 8 heteroatoms. The monoisotopic (exact) mass is 420 g/mol. The van der Waals surface area contributed by atoms with Crippen molar-refractivity contribution < 1.29 is 19.1 Å². The van der Waals surface area contributed by atoms with E-state index in [4.69, 9.17) is 4.74 Å². The molecule has 0 spiro atoms. The minimum Gasteiger partial charge on any atom is -0.452 e. The Morgan fingerprint density at radius 3 is 2.29 bits per heavy atom. The molecule has 0 radical (unpaired) electrons. The molecule has 3 aromatic rings. The summed E-state index contributed by atoms with van der Waals surface area (Å²) in [6.07, 6.45) is 1.60. The van der Waals surface area contributed by atoms with E-state index in [1.54, 1.807) is 24.7 Å². The summed E-state index contributed by atoms with van der Waals surface area (Å²) in [5.41, 5.74) is 2.48. The van der Waals surface area contributed by atoms with Crippen LogP contribution in [-0.4, -0.2) is 40.3 Å². The minimum absolute atomic E-state index is 0.126. The van der Waals surface area contributed by atoms with Crippen molar-refractivity contribution in [1.29, 1.82) is 0 Å². The van der Waals surface area contributed by atoms with Crippen LogP contribution in [0.25, 0.3) is 11.3 Å².